The van der Waals surface area contributed by atoms with Gasteiger partial charge in [0, 0.05) is 23.3 Å². The Morgan fingerprint density at radius 2 is 1.88 bits per heavy atom. The molecule has 2 aromatic rings. The molecule has 0 saturated heterocycles. The first-order valence-electron chi connectivity index (χ1n) is 8.12. The SMILES string of the molecule is N#Cc1c(NC(=O)CCC(=O)c2ccccc2)sc2c1CCCC2. The van der Waals surface area contributed by atoms with Crippen LogP contribution in [0.25, 0.3) is 0 Å². The van der Waals surface area contributed by atoms with Crippen LogP contribution in [-0.2, 0) is 17.6 Å². The highest BCUT2D eigenvalue weighted by Crippen LogP contribution is 2.37. The number of nitriles is 1. The lowest BCUT2D eigenvalue weighted by Gasteiger charge is -2.09. The molecule has 1 aromatic carbocycles. The predicted molar refractivity (Wildman–Crippen MR) is 94.3 cm³/mol. The molecule has 0 atom stereocenters. The van der Waals surface area contributed by atoms with Crippen molar-refractivity contribution in [3.63, 3.8) is 0 Å². The van der Waals surface area contributed by atoms with Crippen LogP contribution in [0.5, 0.6) is 0 Å². The highest BCUT2D eigenvalue weighted by Gasteiger charge is 2.21. The first-order chi connectivity index (χ1) is 11.7. The molecule has 0 spiro atoms. The number of hydrogen-bond acceptors (Lipinski definition) is 4. The van der Waals surface area contributed by atoms with E-state index in [-0.39, 0.29) is 24.5 Å². The molecular weight excluding hydrogens is 320 g/mol. The molecule has 0 unspecified atom stereocenters. The van der Waals surface area contributed by atoms with Gasteiger partial charge < -0.3 is 5.32 Å². The zero-order chi connectivity index (χ0) is 16.9. The maximum absolute atomic E-state index is 12.2. The second-order valence-electron chi connectivity index (χ2n) is 5.86. The number of fused-ring (bicyclic) bond motifs is 1. The molecule has 3 rings (SSSR count). The van der Waals surface area contributed by atoms with Gasteiger partial charge in [0.05, 0.1) is 5.56 Å². The summed E-state index contributed by atoms with van der Waals surface area (Å²) >= 11 is 1.51. The van der Waals surface area contributed by atoms with Gasteiger partial charge in [-0.2, -0.15) is 5.26 Å². The Bertz CT molecular complexity index is 803. The maximum Gasteiger partial charge on any atom is 0.225 e. The molecule has 0 fully saturated rings. The fourth-order valence-electron chi connectivity index (χ4n) is 2.96. The van der Waals surface area contributed by atoms with Crippen LogP contribution in [0, 0.1) is 11.3 Å². The number of Topliss-reactive ketones (excluding diaryl/α,β-unsaturated/α-hetero) is 1. The minimum absolute atomic E-state index is 0.0447. The van der Waals surface area contributed by atoms with Gasteiger partial charge in [-0.25, -0.2) is 0 Å². The molecule has 1 aliphatic carbocycles. The van der Waals surface area contributed by atoms with Crippen molar-refractivity contribution in [2.24, 2.45) is 0 Å². The molecule has 0 aliphatic heterocycles. The zero-order valence-electron chi connectivity index (χ0n) is 13.3. The summed E-state index contributed by atoms with van der Waals surface area (Å²) in [5.41, 5.74) is 2.33. The van der Waals surface area contributed by atoms with Gasteiger partial charge in [-0.15, -0.1) is 11.3 Å². The lowest BCUT2D eigenvalue weighted by molar-refractivity contribution is -0.116. The molecule has 1 heterocycles. The molecule has 1 N–H and O–H groups in total. The quantitative estimate of drug-likeness (QED) is 0.834. The highest BCUT2D eigenvalue weighted by atomic mass is 32.1. The zero-order valence-corrected chi connectivity index (χ0v) is 14.1. The van der Waals surface area contributed by atoms with Crippen molar-refractivity contribution < 1.29 is 9.59 Å². The number of anilines is 1. The van der Waals surface area contributed by atoms with E-state index in [4.69, 9.17) is 0 Å². The first kappa shape index (κ1) is 16.4. The topological polar surface area (TPSA) is 70.0 Å². The Balaban J connectivity index is 1.62. The van der Waals surface area contributed by atoms with Crippen LogP contribution in [0.3, 0.4) is 0 Å². The van der Waals surface area contributed by atoms with E-state index in [1.54, 1.807) is 12.1 Å². The second kappa shape index (κ2) is 7.41. The number of amides is 1. The van der Waals surface area contributed by atoms with Crippen molar-refractivity contribution in [3.05, 3.63) is 51.9 Å². The van der Waals surface area contributed by atoms with Crippen LogP contribution in [0.1, 0.15) is 52.0 Å². The van der Waals surface area contributed by atoms with Gasteiger partial charge in [-0.05, 0) is 31.2 Å². The van der Waals surface area contributed by atoms with Crippen molar-refractivity contribution in [1.82, 2.24) is 0 Å². The van der Waals surface area contributed by atoms with E-state index in [9.17, 15) is 14.9 Å². The van der Waals surface area contributed by atoms with Crippen LogP contribution in [-0.4, -0.2) is 11.7 Å². The van der Waals surface area contributed by atoms with Crippen molar-refractivity contribution in [2.45, 2.75) is 38.5 Å². The first-order valence-corrected chi connectivity index (χ1v) is 8.93. The van der Waals surface area contributed by atoms with Crippen molar-refractivity contribution in [3.8, 4) is 6.07 Å². The van der Waals surface area contributed by atoms with E-state index in [0.717, 1.165) is 31.2 Å². The van der Waals surface area contributed by atoms with E-state index in [1.807, 2.05) is 18.2 Å². The molecular formula is C19H18N2O2S. The number of thiophene rings is 1. The Labute approximate surface area is 145 Å². The third-order valence-electron chi connectivity index (χ3n) is 4.21. The van der Waals surface area contributed by atoms with Gasteiger partial charge in [-0.1, -0.05) is 30.3 Å². The van der Waals surface area contributed by atoms with E-state index in [2.05, 4.69) is 11.4 Å². The fraction of sp³-hybridized carbons (Fsp3) is 0.316. The normalized spacial score (nSPS) is 13.0. The number of hydrogen-bond donors (Lipinski definition) is 1. The number of carbonyl (C=O) groups is 2. The molecule has 1 aliphatic rings. The molecule has 24 heavy (non-hydrogen) atoms. The van der Waals surface area contributed by atoms with Crippen LogP contribution < -0.4 is 5.32 Å². The highest BCUT2D eigenvalue weighted by molar-refractivity contribution is 7.16. The Hall–Kier alpha value is -2.45. The molecule has 1 aromatic heterocycles. The summed E-state index contributed by atoms with van der Waals surface area (Å²) in [6.07, 6.45) is 4.42. The van der Waals surface area contributed by atoms with Gasteiger partial charge in [0.15, 0.2) is 5.78 Å². The van der Waals surface area contributed by atoms with Crippen LogP contribution in [0.4, 0.5) is 5.00 Å². The van der Waals surface area contributed by atoms with E-state index in [0.29, 0.717) is 16.1 Å². The average Bonchev–Trinajstić information content (AvgIpc) is 2.97. The molecule has 122 valence electrons. The summed E-state index contributed by atoms with van der Waals surface area (Å²) in [6, 6.07) is 11.2. The van der Waals surface area contributed by atoms with E-state index in [1.165, 1.54) is 16.2 Å². The molecule has 0 saturated carbocycles. The second-order valence-corrected chi connectivity index (χ2v) is 6.97. The minimum atomic E-state index is -0.214. The van der Waals surface area contributed by atoms with Crippen LogP contribution >= 0.6 is 11.3 Å². The number of rotatable bonds is 5. The summed E-state index contributed by atoms with van der Waals surface area (Å²) in [4.78, 5) is 25.4. The maximum atomic E-state index is 12.2. The molecule has 4 nitrogen and oxygen atoms in total. The van der Waals surface area contributed by atoms with Gasteiger partial charge in [0.2, 0.25) is 5.91 Å². The summed E-state index contributed by atoms with van der Waals surface area (Å²) in [5.74, 6) is -0.258. The van der Waals surface area contributed by atoms with Gasteiger partial charge in [0.25, 0.3) is 0 Å². The van der Waals surface area contributed by atoms with Crippen LogP contribution in [0.2, 0.25) is 0 Å². The lowest BCUT2D eigenvalue weighted by atomic mass is 9.96. The van der Waals surface area contributed by atoms with Gasteiger partial charge in [0.1, 0.15) is 11.1 Å². The Morgan fingerprint density at radius 1 is 1.12 bits per heavy atom. The number of ketones is 1. The van der Waals surface area contributed by atoms with E-state index < -0.39 is 0 Å². The van der Waals surface area contributed by atoms with Crippen molar-refractivity contribution in [1.29, 1.82) is 5.26 Å². The average molecular weight is 338 g/mol. The van der Waals surface area contributed by atoms with Crippen molar-refractivity contribution >= 4 is 28.0 Å². The summed E-state index contributed by atoms with van der Waals surface area (Å²) in [7, 11) is 0. The standard InChI is InChI=1S/C19H18N2O2S/c20-12-15-14-8-4-5-9-17(14)24-19(15)21-18(23)11-10-16(22)13-6-2-1-3-7-13/h1-3,6-7H,4-5,8-11H2,(H,21,23). The minimum Gasteiger partial charge on any atom is -0.317 e. The molecule has 1 amide bonds. The lowest BCUT2D eigenvalue weighted by Crippen LogP contribution is -2.13. The third kappa shape index (κ3) is 3.55. The van der Waals surface area contributed by atoms with Crippen molar-refractivity contribution in [2.75, 3.05) is 5.32 Å². The van der Waals surface area contributed by atoms with Crippen LogP contribution in [0.15, 0.2) is 30.3 Å². The largest absolute Gasteiger partial charge is 0.317 e. The predicted octanol–water partition coefficient (Wildman–Crippen LogP) is 4.10. The number of aryl methyl sites for hydroxylation is 1. The molecule has 5 heteroatoms. The Morgan fingerprint density at radius 3 is 2.62 bits per heavy atom. The number of carbonyl (C=O) groups excluding carboxylic acids is 2. The number of nitrogens with zero attached hydrogens (tertiary/aromatic N) is 1. The molecule has 0 radical (unpaired) electrons. The third-order valence-corrected chi connectivity index (χ3v) is 5.42. The fourth-order valence-corrected chi connectivity index (χ4v) is 4.21. The Kier molecular flexibility index (Phi) is 5.07. The van der Waals surface area contributed by atoms with Gasteiger partial charge in [-0.3, -0.25) is 9.59 Å². The number of benzene rings is 1. The van der Waals surface area contributed by atoms with Gasteiger partial charge >= 0.3 is 0 Å². The smallest absolute Gasteiger partial charge is 0.225 e. The summed E-state index contributed by atoms with van der Waals surface area (Å²) < 4.78 is 0. The summed E-state index contributed by atoms with van der Waals surface area (Å²) in [6.45, 7) is 0. The van der Waals surface area contributed by atoms with E-state index >= 15 is 0 Å². The number of nitrogens with one attached hydrogen (secondary N) is 1. The monoisotopic (exact) mass is 338 g/mol. The molecule has 0 bridgehead atoms. The summed E-state index contributed by atoms with van der Waals surface area (Å²) in [5, 5.41) is 12.9.